The van der Waals surface area contributed by atoms with Gasteiger partial charge in [-0.15, -0.1) is 0 Å². The third kappa shape index (κ3) is 5.82. The fourth-order valence-electron chi connectivity index (χ4n) is 1.85. The van der Waals surface area contributed by atoms with Gasteiger partial charge >= 0.3 is 5.97 Å². The molecule has 23 heavy (non-hydrogen) atoms. The summed E-state index contributed by atoms with van der Waals surface area (Å²) in [5.41, 5.74) is 0.723. The Morgan fingerprint density at radius 3 is 2.35 bits per heavy atom. The highest BCUT2D eigenvalue weighted by molar-refractivity contribution is 5.99. The summed E-state index contributed by atoms with van der Waals surface area (Å²) in [5, 5.41) is 13.7. The monoisotopic (exact) mass is 320 g/mol. The van der Waals surface area contributed by atoms with Gasteiger partial charge in [0.1, 0.15) is 11.8 Å². The number of carboxylic acid groups (broad SMARTS) is 1. The molecule has 0 aliphatic rings. The number of amides is 2. The van der Waals surface area contributed by atoms with E-state index in [-0.39, 0.29) is 17.9 Å². The van der Waals surface area contributed by atoms with Gasteiger partial charge in [0.25, 0.3) is 0 Å². The molecule has 0 aliphatic carbocycles. The first-order chi connectivity index (χ1) is 10.9. The second-order valence-corrected chi connectivity index (χ2v) is 4.86. The summed E-state index contributed by atoms with van der Waals surface area (Å²) < 4.78 is 5.06. The predicted octanol–water partition coefficient (Wildman–Crippen LogP) is 0.499. The molecule has 1 atom stereocenters. The Morgan fingerprint density at radius 1 is 1.26 bits per heavy atom. The molecule has 0 aromatic heterocycles. The molecule has 0 saturated heterocycles. The van der Waals surface area contributed by atoms with E-state index in [1.54, 1.807) is 31.4 Å². The molecule has 1 aromatic rings. The van der Waals surface area contributed by atoms with E-state index in [4.69, 9.17) is 9.84 Å². The number of nitrogens with one attached hydrogen (secondary N) is 2. The molecule has 3 N–H and O–H groups in total. The maximum absolute atomic E-state index is 11.9. The lowest BCUT2D eigenvalue weighted by atomic mass is 10.0. The molecular weight excluding hydrogens is 300 g/mol. The lowest BCUT2D eigenvalue weighted by Crippen LogP contribution is -2.46. The normalized spacial score (nSPS) is 12.2. The summed E-state index contributed by atoms with van der Waals surface area (Å²) in [4.78, 5) is 34.5. The molecule has 1 aromatic carbocycles. The summed E-state index contributed by atoms with van der Waals surface area (Å²) >= 11 is 0. The first-order valence-electron chi connectivity index (χ1n) is 6.94. The van der Waals surface area contributed by atoms with Crippen LogP contribution >= 0.6 is 0 Å². The van der Waals surface area contributed by atoms with Crippen molar-refractivity contribution in [2.75, 3.05) is 14.2 Å². The van der Waals surface area contributed by atoms with Gasteiger partial charge in [-0.1, -0.05) is 12.1 Å². The number of carbonyl (C=O) groups is 3. The van der Waals surface area contributed by atoms with Crippen LogP contribution in [0.2, 0.25) is 0 Å². The van der Waals surface area contributed by atoms with E-state index in [1.165, 1.54) is 14.0 Å². The highest BCUT2D eigenvalue weighted by atomic mass is 16.5. The van der Waals surface area contributed by atoms with Crippen LogP contribution in [0.1, 0.15) is 12.5 Å². The minimum absolute atomic E-state index is 0.109. The molecule has 2 amide bonds. The molecule has 7 heteroatoms. The smallest absolute Gasteiger partial charge is 0.331 e. The SMILES string of the molecule is CNC(=O)C(Cc1ccc(OC)cc1)NC(=O)/C=C(\C)C(=O)O. The minimum atomic E-state index is -1.19. The minimum Gasteiger partial charge on any atom is -0.497 e. The van der Waals surface area contributed by atoms with Crippen LogP contribution in [-0.2, 0) is 20.8 Å². The number of rotatable bonds is 7. The number of benzene rings is 1. The van der Waals surface area contributed by atoms with Crippen molar-refractivity contribution in [3.05, 3.63) is 41.5 Å². The van der Waals surface area contributed by atoms with Crippen molar-refractivity contribution in [2.45, 2.75) is 19.4 Å². The summed E-state index contributed by atoms with van der Waals surface area (Å²) in [5.74, 6) is -1.50. The lowest BCUT2D eigenvalue weighted by molar-refractivity contribution is -0.133. The average Bonchev–Trinajstić information content (AvgIpc) is 2.53. The Morgan fingerprint density at radius 2 is 1.87 bits per heavy atom. The zero-order valence-corrected chi connectivity index (χ0v) is 13.3. The summed E-state index contributed by atoms with van der Waals surface area (Å²) in [7, 11) is 3.02. The maximum Gasteiger partial charge on any atom is 0.331 e. The molecule has 0 saturated carbocycles. The van der Waals surface area contributed by atoms with E-state index in [1.807, 2.05) is 0 Å². The number of hydrogen-bond acceptors (Lipinski definition) is 4. The van der Waals surface area contributed by atoms with E-state index >= 15 is 0 Å². The largest absolute Gasteiger partial charge is 0.497 e. The second-order valence-electron chi connectivity index (χ2n) is 4.86. The fourth-order valence-corrected chi connectivity index (χ4v) is 1.85. The third-order valence-corrected chi connectivity index (χ3v) is 3.16. The number of hydrogen-bond donors (Lipinski definition) is 3. The third-order valence-electron chi connectivity index (χ3n) is 3.16. The van der Waals surface area contributed by atoms with Crippen LogP contribution in [0.5, 0.6) is 5.75 Å². The zero-order valence-electron chi connectivity index (χ0n) is 13.3. The molecule has 1 unspecified atom stereocenters. The van der Waals surface area contributed by atoms with Crippen molar-refractivity contribution < 1.29 is 24.2 Å². The Hall–Kier alpha value is -2.83. The van der Waals surface area contributed by atoms with Crippen LogP contribution in [0.4, 0.5) is 0 Å². The van der Waals surface area contributed by atoms with Crippen molar-refractivity contribution in [3.8, 4) is 5.75 Å². The zero-order chi connectivity index (χ0) is 17.4. The molecule has 0 fully saturated rings. The van der Waals surface area contributed by atoms with E-state index < -0.39 is 17.9 Å². The molecule has 0 heterocycles. The van der Waals surface area contributed by atoms with Crippen molar-refractivity contribution in [2.24, 2.45) is 0 Å². The quantitative estimate of drug-likeness (QED) is 0.635. The Balaban J connectivity index is 2.84. The van der Waals surface area contributed by atoms with Gasteiger partial charge in [0.15, 0.2) is 0 Å². The molecular formula is C16H20N2O5. The van der Waals surface area contributed by atoms with Gasteiger partial charge in [0, 0.05) is 25.1 Å². The number of ether oxygens (including phenoxy) is 1. The van der Waals surface area contributed by atoms with Crippen molar-refractivity contribution in [1.82, 2.24) is 10.6 Å². The van der Waals surface area contributed by atoms with Gasteiger partial charge in [-0.05, 0) is 24.6 Å². The summed E-state index contributed by atoms with van der Waals surface area (Å²) in [6.07, 6.45) is 1.22. The predicted molar refractivity (Wildman–Crippen MR) is 84.1 cm³/mol. The Kier molecular flexibility index (Phi) is 6.79. The number of likely N-dealkylation sites (N-methyl/N-ethyl adjacent to an activating group) is 1. The number of aliphatic carboxylic acids is 1. The standard InChI is InChI=1S/C16H20N2O5/c1-10(16(21)22)8-14(19)18-13(15(20)17-2)9-11-4-6-12(23-3)7-5-11/h4-8,13H,9H2,1-3H3,(H,17,20)(H,18,19)(H,21,22)/b10-8+. The topological polar surface area (TPSA) is 105 Å². The first-order valence-corrected chi connectivity index (χ1v) is 6.94. The Labute approximate surface area is 134 Å². The van der Waals surface area contributed by atoms with Crippen molar-refractivity contribution in [1.29, 1.82) is 0 Å². The molecule has 0 aliphatic heterocycles. The molecule has 124 valence electrons. The van der Waals surface area contributed by atoms with Crippen LogP contribution in [0.3, 0.4) is 0 Å². The van der Waals surface area contributed by atoms with E-state index in [0.717, 1.165) is 11.6 Å². The van der Waals surface area contributed by atoms with E-state index in [9.17, 15) is 14.4 Å². The fraction of sp³-hybridized carbons (Fsp3) is 0.312. The van der Waals surface area contributed by atoms with Crippen LogP contribution in [-0.4, -0.2) is 43.1 Å². The maximum atomic E-state index is 11.9. The number of carbonyl (C=O) groups excluding carboxylic acids is 2. The van der Waals surface area contributed by atoms with Gasteiger partial charge in [-0.3, -0.25) is 9.59 Å². The van der Waals surface area contributed by atoms with Gasteiger partial charge in [-0.25, -0.2) is 4.79 Å². The van der Waals surface area contributed by atoms with Crippen LogP contribution in [0, 0.1) is 0 Å². The van der Waals surface area contributed by atoms with Gasteiger partial charge in [-0.2, -0.15) is 0 Å². The lowest BCUT2D eigenvalue weighted by Gasteiger charge is -2.16. The van der Waals surface area contributed by atoms with E-state index in [2.05, 4.69) is 10.6 Å². The average molecular weight is 320 g/mol. The molecule has 0 bridgehead atoms. The highest BCUT2D eigenvalue weighted by Crippen LogP contribution is 2.13. The molecule has 1 rings (SSSR count). The summed E-state index contributed by atoms with van der Waals surface area (Å²) in [6.45, 7) is 1.31. The van der Waals surface area contributed by atoms with Gasteiger partial charge in [0.05, 0.1) is 7.11 Å². The van der Waals surface area contributed by atoms with Crippen LogP contribution in [0.15, 0.2) is 35.9 Å². The molecule has 7 nitrogen and oxygen atoms in total. The van der Waals surface area contributed by atoms with E-state index in [0.29, 0.717) is 5.75 Å². The molecule has 0 radical (unpaired) electrons. The Bertz CT molecular complexity index is 607. The van der Waals surface area contributed by atoms with Gasteiger partial charge in [0.2, 0.25) is 11.8 Å². The molecule has 0 spiro atoms. The van der Waals surface area contributed by atoms with Crippen molar-refractivity contribution in [3.63, 3.8) is 0 Å². The number of methoxy groups -OCH3 is 1. The summed E-state index contributed by atoms with van der Waals surface area (Å²) in [6, 6.07) is 6.29. The first kappa shape index (κ1) is 18.2. The number of carboxylic acids is 1. The van der Waals surface area contributed by atoms with Crippen LogP contribution < -0.4 is 15.4 Å². The van der Waals surface area contributed by atoms with Gasteiger partial charge < -0.3 is 20.5 Å². The van der Waals surface area contributed by atoms with Crippen molar-refractivity contribution >= 4 is 17.8 Å². The van der Waals surface area contributed by atoms with Crippen LogP contribution in [0.25, 0.3) is 0 Å². The highest BCUT2D eigenvalue weighted by Gasteiger charge is 2.20. The second kappa shape index (κ2) is 8.57.